The zero-order valence-corrected chi connectivity index (χ0v) is 18.4. The Labute approximate surface area is 183 Å². The minimum Gasteiger partial charge on any atom is -0.364 e. The van der Waals surface area contributed by atoms with Crippen molar-refractivity contribution >= 4 is 16.9 Å². The molecule has 1 fully saturated rings. The molecule has 1 saturated carbocycles. The summed E-state index contributed by atoms with van der Waals surface area (Å²) < 4.78 is 1.90. The van der Waals surface area contributed by atoms with Crippen molar-refractivity contribution in [2.75, 3.05) is 6.54 Å². The molecule has 1 aromatic heterocycles. The van der Waals surface area contributed by atoms with E-state index in [0.29, 0.717) is 18.1 Å². The van der Waals surface area contributed by atoms with Gasteiger partial charge in [-0.25, -0.2) is 4.98 Å². The van der Waals surface area contributed by atoms with Crippen LogP contribution in [0, 0.1) is 19.3 Å². The zero-order chi connectivity index (χ0) is 22.0. The minimum atomic E-state index is -0.657. The van der Waals surface area contributed by atoms with Gasteiger partial charge in [0.1, 0.15) is 0 Å². The molecule has 1 aliphatic carbocycles. The summed E-state index contributed by atoms with van der Waals surface area (Å²) in [6, 6.07) is 15.2. The zero-order valence-electron chi connectivity index (χ0n) is 18.4. The maximum atomic E-state index is 12.0. The predicted molar refractivity (Wildman–Crippen MR) is 123 cm³/mol. The highest BCUT2D eigenvalue weighted by Crippen LogP contribution is 2.25. The fraction of sp³-hybridized carbons (Fsp3) is 0.400. The van der Waals surface area contributed by atoms with Gasteiger partial charge in [0.15, 0.2) is 11.2 Å². The van der Waals surface area contributed by atoms with E-state index in [1.807, 2.05) is 23.6 Å². The summed E-state index contributed by atoms with van der Waals surface area (Å²) in [5.74, 6) is -0.657. The number of benzene rings is 2. The monoisotopic (exact) mass is 417 g/mol. The molecular weight excluding hydrogens is 386 g/mol. The van der Waals surface area contributed by atoms with Gasteiger partial charge in [-0.2, -0.15) is 0 Å². The summed E-state index contributed by atoms with van der Waals surface area (Å²) in [6.07, 6.45) is 4.98. The van der Waals surface area contributed by atoms with Crippen LogP contribution in [0.5, 0.6) is 0 Å². The molecule has 1 heterocycles. The lowest BCUT2D eigenvalue weighted by atomic mass is 10.1. The second-order valence-corrected chi connectivity index (χ2v) is 8.64. The van der Waals surface area contributed by atoms with Crippen LogP contribution < -0.4 is 11.2 Å². The molecule has 3 N–H and O–H groups in total. The van der Waals surface area contributed by atoms with E-state index in [1.165, 1.54) is 31.2 Å². The molecule has 0 unspecified atom stereocenters. The van der Waals surface area contributed by atoms with E-state index in [4.69, 9.17) is 11.1 Å². The molecular formula is C25H31N5O. The summed E-state index contributed by atoms with van der Waals surface area (Å²) in [4.78, 5) is 18.9. The van der Waals surface area contributed by atoms with Gasteiger partial charge in [-0.3, -0.25) is 15.1 Å². The van der Waals surface area contributed by atoms with Crippen molar-refractivity contribution in [2.24, 2.45) is 5.73 Å². The fourth-order valence-electron chi connectivity index (χ4n) is 4.62. The van der Waals surface area contributed by atoms with Crippen LogP contribution in [0.25, 0.3) is 11.0 Å². The van der Waals surface area contributed by atoms with Crippen LogP contribution in [0.4, 0.5) is 0 Å². The summed E-state index contributed by atoms with van der Waals surface area (Å²) >= 11 is 0. The first-order valence-corrected chi connectivity index (χ1v) is 11.1. The number of rotatable bonds is 7. The fourth-order valence-corrected chi connectivity index (χ4v) is 4.62. The van der Waals surface area contributed by atoms with Crippen molar-refractivity contribution in [3.63, 3.8) is 0 Å². The second kappa shape index (κ2) is 9.02. The van der Waals surface area contributed by atoms with E-state index < -0.39 is 5.91 Å². The lowest BCUT2D eigenvalue weighted by molar-refractivity contribution is 0.0993. The quantitative estimate of drug-likeness (QED) is 0.615. The molecule has 162 valence electrons. The average molecular weight is 418 g/mol. The number of fused-ring (bicyclic) bond motifs is 1. The molecule has 1 amide bonds. The van der Waals surface area contributed by atoms with Gasteiger partial charge >= 0.3 is 0 Å². The number of nitrogens with zero attached hydrogens (tertiary/aromatic N) is 3. The van der Waals surface area contributed by atoms with Crippen LogP contribution in [-0.4, -0.2) is 32.9 Å². The minimum absolute atomic E-state index is 0.0335. The molecule has 0 saturated heterocycles. The number of hydrogen-bond donors (Lipinski definition) is 2. The Morgan fingerprint density at radius 2 is 1.84 bits per heavy atom. The first-order chi connectivity index (χ1) is 14.9. The Kier molecular flexibility index (Phi) is 6.18. The summed E-state index contributed by atoms with van der Waals surface area (Å²) in [5.41, 5.74) is 10.8. The first kappa shape index (κ1) is 21.2. The van der Waals surface area contributed by atoms with Crippen molar-refractivity contribution in [3.05, 3.63) is 70.3 Å². The van der Waals surface area contributed by atoms with Gasteiger partial charge < -0.3 is 10.3 Å². The van der Waals surface area contributed by atoms with Gasteiger partial charge in [0.25, 0.3) is 5.91 Å². The van der Waals surface area contributed by atoms with E-state index in [-0.39, 0.29) is 11.2 Å². The number of primary amides is 1. The standard InChI is InChI=1S/C25H31N5O/c1-17-14-21-22(15-18(17)2)30(24(26)23(28-21)25(27)31)13-12-29(20-10-6-7-11-20)16-19-8-4-3-5-9-19/h3-5,8-9,14-15,20,26H,6-7,10-13,16H2,1-2H3,(H2,27,31). The van der Waals surface area contributed by atoms with Crippen LogP contribution in [-0.2, 0) is 13.1 Å². The molecule has 6 nitrogen and oxygen atoms in total. The van der Waals surface area contributed by atoms with Crippen molar-refractivity contribution in [1.82, 2.24) is 14.5 Å². The van der Waals surface area contributed by atoms with Crippen LogP contribution in [0.1, 0.15) is 52.9 Å². The molecule has 0 radical (unpaired) electrons. The van der Waals surface area contributed by atoms with Crippen molar-refractivity contribution in [3.8, 4) is 0 Å². The third-order valence-electron chi connectivity index (χ3n) is 6.52. The second-order valence-electron chi connectivity index (χ2n) is 8.64. The molecule has 0 spiro atoms. The Balaban J connectivity index is 1.70. The maximum Gasteiger partial charge on any atom is 0.271 e. The summed E-state index contributed by atoms with van der Waals surface area (Å²) in [5, 5.41) is 8.64. The third kappa shape index (κ3) is 4.54. The van der Waals surface area contributed by atoms with Gasteiger partial charge in [-0.15, -0.1) is 0 Å². The highest BCUT2D eigenvalue weighted by atomic mass is 16.1. The molecule has 1 aliphatic rings. The Bertz CT molecular complexity index is 1150. The van der Waals surface area contributed by atoms with Crippen LogP contribution >= 0.6 is 0 Å². The van der Waals surface area contributed by atoms with Crippen molar-refractivity contribution < 1.29 is 4.79 Å². The Morgan fingerprint density at radius 3 is 2.52 bits per heavy atom. The highest BCUT2D eigenvalue weighted by molar-refractivity contribution is 5.92. The normalized spacial score (nSPS) is 14.5. The molecule has 2 aromatic carbocycles. The highest BCUT2D eigenvalue weighted by Gasteiger charge is 2.23. The first-order valence-electron chi connectivity index (χ1n) is 11.1. The summed E-state index contributed by atoms with van der Waals surface area (Å²) in [6.45, 7) is 6.40. The molecule has 6 heteroatoms. The lowest BCUT2D eigenvalue weighted by Crippen LogP contribution is -2.38. The van der Waals surface area contributed by atoms with Gasteiger partial charge in [0.2, 0.25) is 0 Å². The van der Waals surface area contributed by atoms with E-state index in [9.17, 15) is 4.79 Å². The van der Waals surface area contributed by atoms with Gasteiger partial charge in [0, 0.05) is 25.7 Å². The molecule has 31 heavy (non-hydrogen) atoms. The maximum absolute atomic E-state index is 12.0. The lowest BCUT2D eigenvalue weighted by Gasteiger charge is -2.29. The largest absolute Gasteiger partial charge is 0.364 e. The number of nitrogens with one attached hydrogen (secondary N) is 1. The van der Waals surface area contributed by atoms with Crippen LogP contribution in [0.3, 0.4) is 0 Å². The predicted octanol–water partition coefficient (Wildman–Crippen LogP) is 3.68. The molecule has 0 aliphatic heterocycles. The van der Waals surface area contributed by atoms with E-state index in [1.54, 1.807) is 0 Å². The SMILES string of the molecule is Cc1cc2nc(C(N)=O)c(=N)n(CCN(Cc3ccccc3)C3CCCC3)c2cc1C. The number of amides is 1. The van der Waals surface area contributed by atoms with E-state index >= 15 is 0 Å². The molecule has 0 atom stereocenters. The Morgan fingerprint density at radius 1 is 1.16 bits per heavy atom. The van der Waals surface area contributed by atoms with E-state index in [0.717, 1.165) is 29.7 Å². The van der Waals surface area contributed by atoms with Crippen LogP contribution in [0.2, 0.25) is 0 Å². The number of hydrogen-bond acceptors (Lipinski definition) is 4. The average Bonchev–Trinajstić information content (AvgIpc) is 3.28. The van der Waals surface area contributed by atoms with Crippen molar-refractivity contribution in [1.29, 1.82) is 5.41 Å². The molecule has 3 aromatic rings. The van der Waals surface area contributed by atoms with Gasteiger partial charge in [-0.1, -0.05) is 43.2 Å². The number of carbonyl (C=O) groups is 1. The topological polar surface area (TPSA) is 88.0 Å². The Hall–Kier alpha value is -2.99. The smallest absolute Gasteiger partial charge is 0.271 e. The molecule has 4 rings (SSSR count). The number of carbonyl (C=O) groups excluding carboxylic acids is 1. The van der Waals surface area contributed by atoms with Gasteiger partial charge in [-0.05, 0) is 55.5 Å². The number of nitrogens with two attached hydrogens (primary N) is 1. The number of aryl methyl sites for hydroxylation is 2. The van der Waals surface area contributed by atoms with Crippen molar-refractivity contribution in [2.45, 2.75) is 58.7 Å². The van der Waals surface area contributed by atoms with E-state index in [2.05, 4.69) is 47.1 Å². The van der Waals surface area contributed by atoms with Crippen LogP contribution in [0.15, 0.2) is 42.5 Å². The number of aromatic nitrogens is 2. The van der Waals surface area contributed by atoms with Gasteiger partial charge in [0.05, 0.1) is 11.0 Å². The molecule has 0 bridgehead atoms. The summed E-state index contributed by atoms with van der Waals surface area (Å²) in [7, 11) is 0. The third-order valence-corrected chi connectivity index (χ3v) is 6.52.